The van der Waals surface area contributed by atoms with Crippen LogP contribution in [0, 0.1) is 0 Å². The molecular weight excluding hydrogens is 633 g/mol. The fourth-order valence-corrected chi connectivity index (χ4v) is 7.65. The second-order valence-corrected chi connectivity index (χ2v) is 12.5. The fourth-order valence-electron chi connectivity index (χ4n) is 7.65. The summed E-state index contributed by atoms with van der Waals surface area (Å²) < 4.78 is 11.4. The highest BCUT2D eigenvalue weighted by Gasteiger charge is 2.24. The minimum atomic E-state index is 0.659. The standard InChI is InChI=1S/C42H24N8O/c1-3-7-25(8-4-1)49-35-13-15-43-19-29(35)31-21-45-23-33(39(31)49)37-41-27(11-17-47-37)28-12-18-48-38(42(28)51-41)34-24-46-22-32-30-20-44-16-14-36(30)50(40(32)34)26-9-5-2-6-10-26/h1-24H. The van der Waals surface area contributed by atoms with Gasteiger partial charge in [-0.3, -0.25) is 29.9 Å². The lowest BCUT2D eigenvalue weighted by Gasteiger charge is -2.11. The first-order valence-corrected chi connectivity index (χ1v) is 16.6. The molecule has 0 N–H and O–H groups in total. The average molecular weight is 657 g/mol. The van der Waals surface area contributed by atoms with Crippen molar-refractivity contribution in [3.8, 4) is 33.9 Å². The topological polar surface area (TPSA) is 100 Å². The Morgan fingerprint density at radius 3 is 1.31 bits per heavy atom. The number of benzene rings is 2. The van der Waals surface area contributed by atoms with Crippen LogP contribution in [0.5, 0.6) is 0 Å². The summed E-state index contributed by atoms with van der Waals surface area (Å²) in [5, 5.41) is 5.87. The molecule has 11 rings (SSSR count). The number of fused-ring (bicyclic) bond motifs is 9. The Balaban J connectivity index is 1.22. The van der Waals surface area contributed by atoms with Crippen molar-refractivity contribution in [3.63, 3.8) is 0 Å². The van der Waals surface area contributed by atoms with Crippen molar-refractivity contribution in [1.29, 1.82) is 0 Å². The SMILES string of the molecule is c1ccc(-n2c3ccncc3c3cncc(-c4nccc5c4oc4c(-c6cncc7c8cnccc8n(-c8ccccc8)c67)nccc45)c32)cc1. The molecule has 9 nitrogen and oxygen atoms in total. The van der Waals surface area contributed by atoms with E-state index in [0.29, 0.717) is 22.6 Å². The molecule has 0 fully saturated rings. The van der Waals surface area contributed by atoms with Crippen LogP contribution in [0.15, 0.2) is 151 Å². The molecule has 9 heterocycles. The molecule has 0 amide bonds. The molecule has 0 spiro atoms. The van der Waals surface area contributed by atoms with Gasteiger partial charge in [-0.1, -0.05) is 36.4 Å². The fraction of sp³-hybridized carbons (Fsp3) is 0. The summed E-state index contributed by atoms with van der Waals surface area (Å²) in [6.07, 6.45) is 18.7. The number of para-hydroxylation sites is 2. The number of rotatable bonds is 4. The van der Waals surface area contributed by atoms with Crippen LogP contribution in [0.2, 0.25) is 0 Å². The zero-order valence-corrected chi connectivity index (χ0v) is 26.8. The number of hydrogen-bond donors (Lipinski definition) is 0. The van der Waals surface area contributed by atoms with Crippen molar-refractivity contribution in [1.82, 2.24) is 39.0 Å². The van der Waals surface area contributed by atoms with Crippen molar-refractivity contribution in [2.75, 3.05) is 0 Å². The van der Waals surface area contributed by atoms with E-state index in [-0.39, 0.29) is 0 Å². The summed E-state index contributed by atoms with van der Waals surface area (Å²) >= 11 is 0. The van der Waals surface area contributed by atoms with Crippen LogP contribution in [0.1, 0.15) is 0 Å². The molecule has 0 aliphatic heterocycles. The Kier molecular flexibility index (Phi) is 5.76. The van der Waals surface area contributed by atoms with Crippen molar-refractivity contribution < 1.29 is 4.42 Å². The molecule has 0 saturated carbocycles. The molecule has 0 bridgehead atoms. The first kappa shape index (κ1) is 27.7. The van der Waals surface area contributed by atoms with Crippen molar-refractivity contribution in [3.05, 3.63) is 147 Å². The molecule has 0 radical (unpaired) electrons. The van der Waals surface area contributed by atoms with E-state index in [1.54, 1.807) is 0 Å². The highest BCUT2D eigenvalue weighted by Crippen LogP contribution is 2.44. The third-order valence-corrected chi connectivity index (χ3v) is 9.78. The van der Waals surface area contributed by atoms with Gasteiger partial charge in [0, 0.05) is 117 Å². The maximum atomic E-state index is 6.94. The molecule has 238 valence electrons. The Hall–Kier alpha value is -7.26. The zero-order chi connectivity index (χ0) is 33.5. The Bertz CT molecular complexity index is 2930. The zero-order valence-electron chi connectivity index (χ0n) is 26.8. The predicted molar refractivity (Wildman–Crippen MR) is 200 cm³/mol. The highest BCUT2D eigenvalue weighted by molar-refractivity contribution is 6.19. The van der Waals surface area contributed by atoms with Crippen LogP contribution < -0.4 is 0 Å². The van der Waals surface area contributed by atoms with E-state index in [0.717, 1.165) is 76.9 Å². The Labute approximate surface area is 289 Å². The minimum absolute atomic E-state index is 0.659. The molecule has 0 unspecified atom stereocenters. The molecule has 0 aliphatic carbocycles. The van der Waals surface area contributed by atoms with E-state index in [9.17, 15) is 0 Å². The number of nitrogens with zero attached hydrogens (tertiary/aromatic N) is 8. The summed E-state index contributed by atoms with van der Waals surface area (Å²) in [4.78, 5) is 28.3. The Morgan fingerprint density at radius 2 is 0.843 bits per heavy atom. The molecule has 0 aliphatic rings. The van der Waals surface area contributed by atoms with Gasteiger partial charge in [0.25, 0.3) is 0 Å². The molecule has 0 atom stereocenters. The molecule has 0 saturated heterocycles. The second-order valence-electron chi connectivity index (χ2n) is 12.5. The average Bonchev–Trinajstić information content (AvgIpc) is 3.87. The van der Waals surface area contributed by atoms with Crippen LogP contribution in [0.4, 0.5) is 0 Å². The van der Waals surface area contributed by atoms with Gasteiger partial charge in [-0.2, -0.15) is 0 Å². The molecule has 9 heteroatoms. The number of aromatic nitrogens is 8. The third-order valence-electron chi connectivity index (χ3n) is 9.78. The van der Waals surface area contributed by atoms with Gasteiger partial charge in [-0.05, 0) is 48.5 Å². The summed E-state index contributed by atoms with van der Waals surface area (Å²) in [6, 6.07) is 28.8. The van der Waals surface area contributed by atoms with E-state index in [4.69, 9.17) is 24.4 Å². The van der Waals surface area contributed by atoms with Crippen LogP contribution in [0.25, 0.3) is 99.4 Å². The van der Waals surface area contributed by atoms with E-state index in [1.165, 1.54) is 0 Å². The Morgan fingerprint density at radius 1 is 0.392 bits per heavy atom. The van der Waals surface area contributed by atoms with Crippen molar-refractivity contribution in [2.45, 2.75) is 0 Å². The molecule has 2 aromatic carbocycles. The van der Waals surface area contributed by atoms with Gasteiger partial charge in [-0.25, -0.2) is 0 Å². The largest absolute Gasteiger partial charge is 0.451 e. The van der Waals surface area contributed by atoms with Crippen LogP contribution in [-0.2, 0) is 0 Å². The third kappa shape index (κ3) is 3.91. The first-order valence-electron chi connectivity index (χ1n) is 16.6. The lowest BCUT2D eigenvalue weighted by Crippen LogP contribution is -1.96. The number of hydrogen-bond acceptors (Lipinski definition) is 7. The maximum Gasteiger partial charge on any atom is 0.161 e. The van der Waals surface area contributed by atoms with Crippen LogP contribution in [0.3, 0.4) is 0 Å². The van der Waals surface area contributed by atoms with Crippen molar-refractivity contribution in [2.24, 2.45) is 0 Å². The van der Waals surface area contributed by atoms with Gasteiger partial charge >= 0.3 is 0 Å². The van der Waals surface area contributed by atoms with Gasteiger partial charge in [0.2, 0.25) is 0 Å². The quantitative estimate of drug-likeness (QED) is 0.186. The number of furan rings is 1. The minimum Gasteiger partial charge on any atom is -0.451 e. The monoisotopic (exact) mass is 656 g/mol. The number of pyridine rings is 6. The predicted octanol–water partition coefficient (Wildman–Crippen LogP) is 9.48. The summed E-state index contributed by atoms with van der Waals surface area (Å²) in [5.41, 5.74) is 10.5. The summed E-state index contributed by atoms with van der Waals surface area (Å²) in [7, 11) is 0. The van der Waals surface area contributed by atoms with Gasteiger partial charge in [0.15, 0.2) is 11.2 Å². The normalized spacial score (nSPS) is 11.9. The summed E-state index contributed by atoms with van der Waals surface area (Å²) in [6.45, 7) is 0. The van der Waals surface area contributed by atoms with E-state index in [1.807, 2.05) is 123 Å². The van der Waals surface area contributed by atoms with E-state index < -0.39 is 0 Å². The van der Waals surface area contributed by atoms with Crippen LogP contribution >= 0.6 is 0 Å². The lowest BCUT2D eigenvalue weighted by atomic mass is 10.1. The van der Waals surface area contributed by atoms with Crippen LogP contribution in [-0.4, -0.2) is 39.0 Å². The molecule has 51 heavy (non-hydrogen) atoms. The van der Waals surface area contributed by atoms with Gasteiger partial charge in [-0.15, -0.1) is 0 Å². The molecule has 9 aromatic heterocycles. The highest BCUT2D eigenvalue weighted by atomic mass is 16.3. The van der Waals surface area contributed by atoms with Gasteiger partial charge in [0.05, 0.1) is 22.1 Å². The van der Waals surface area contributed by atoms with Gasteiger partial charge in [0.1, 0.15) is 11.4 Å². The van der Waals surface area contributed by atoms with E-state index >= 15 is 0 Å². The van der Waals surface area contributed by atoms with Gasteiger partial charge < -0.3 is 13.6 Å². The maximum absolute atomic E-state index is 6.94. The molecule has 11 aromatic rings. The lowest BCUT2D eigenvalue weighted by molar-refractivity contribution is 0.667. The van der Waals surface area contributed by atoms with Crippen molar-refractivity contribution >= 4 is 65.6 Å². The van der Waals surface area contributed by atoms with E-state index in [2.05, 4.69) is 43.4 Å². The smallest absolute Gasteiger partial charge is 0.161 e. The summed E-state index contributed by atoms with van der Waals surface area (Å²) in [5.74, 6) is 0. The second kappa shape index (κ2) is 10.6. The first-order chi connectivity index (χ1) is 25.3. The molecular formula is C42H24N8O.